The van der Waals surface area contributed by atoms with Crippen LogP contribution in [0.3, 0.4) is 0 Å². The van der Waals surface area contributed by atoms with Gasteiger partial charge in [-0.25, -0.2) is 0 Å². The third kappa shape index (κ3) is 4.35. The quantitative estimate of drug-likeness (QED) is 0.607. The molecule has 1 rings (SSSR count). The van der Waals surface area contributed by atoms with Crippen molar-refractivity contribution in [1.29, 1.82) is 0 Å². The summed E-state index contributed by atoms with van der Waals surface area (Å²) in [5, 5.41) is 1.51. The Labute approximate surface area is 91.9 Å². The van der Waals surface area contributed by atoms with Gasteiger partial charge in [-0.15, -0.1) is 0 Å². The predicted molar refractivity (Wildman–Crippen MR) is 46.3 cm³/mol. The topological polar surface area (TPSA) is 0 Å². The van der Waals surface area contributed by atoms with E-state index in [0.717, 1.165) is 24.3 Å². The van der Waals surface area contributed by atoms with Gasteiger partial charge in [0.25, 0.3) is 0 Å². The molecule has 0 atom stereocenters. The van der Waals surface area contributed by atoms with Gasteiger partial charge in [-0.3, -0.25) is 0 Å². The maximum absolute atomic E-state index is 5.84. The molecular formula is C8H10Cl2Pt. The van der Waals surface area contributed by atoms with E-state index in [1.54, 1.807) is 0 Å². The molecule has 0 N–H and O–H groups in total. The van der Waals surface area contributed by atoms with Crippen LogP contribution in [0.4, 0.5) is 0 Å². The van der Waals surface area contributed by atoms with Crippen molar-refractivity contribution in [3.8, 4) is 0 Å². The van der Waals surface area contributed by atoms with Gasteiger partial charge < -0.3 is 0 Å². The number of hydrogen-bond acceptors (Lipinski definition) is 0. The molecule has 3 heteroatoms. The zero-order valence-electron chi connectivity index (χ0n) is 6.06. The molecule has 1 aliphatic carbocycles. The first kappa shape index (κ1) is 11.7. The fourth-order valence-electron chi connectivity index (χ4n) is 0.939. The van der Waals surface area contributed by atoms with Gasteiger partial charge in [0.1, 0.15) is 0 Å². The number of halogens is 2. The predicted octanol–water partition coefficient (Wildman–Crippen LogP) is 3.80. The van der Waals surface area contributed by atoms with Crippen LogP contribution in [0.2, 0.25) is 0 Å². The Morgan fingerprint density at radius 3 is 2.64 bits per heavy atom. The molecule has 0 bridgehead atoms. The first-order chi connectivity index (χ1) is 4.80. The molecule has 1 aliphatic rings. The van der Waals surface area contributed by atoms with Crippen LogP contribution < -0.4 is 0 Å². The van der Waals surface area contributed by atoms with Gasteiger partial charge in [0.2, 0.25) is 0 Å². The molecule has 0 aromatic carbocycles. The smallest absolute Gasteiger partial charge is 0.0547 e. The van der Waals surface area contributed by atoms with Crippen molar-refractivity contribution >= 4 is 23.2 Å². The molecule has 0 radical (unpaired) electrons. The molecule has 66 valence electrons. The second-order valence-corrected chi connectivity index (χ2v) is 3.26. The fraction of sp³-hybridized carbons (Fsp3) is 0.500. The molecule has 0 nitrogen and oxygen atoms in total. The molecule has 0 heterocycles. The summed E-state index contributed by atoms with van der Waals surface area (Å²) >= 11 is 11.6. The van der Waals surface area contributed by atoms with Crippen LogP contribution in [-0.4, -0.2) is 0 Å². The third-order valence-electron chi connectivity index (χ3n) is 1.54. The maximum atomic E-state index is 5.84. The van der Waals surface area contributed by atoms with Gasteiger partial charge in [0, 0.05) is 26.1 Å². The van der Waals surface area contributed by atoms with E-state index in [4.69, 9.17) is 23.2 Å². The van der Waals surface area contributed by atoms with Gasteiger partial charge in [-0.05, 0) is 31.8 Å². The summed E-state index contributed by atoms with van der Waals surface area (Å²) in [5.74, 6) is 0. The zero-order chi connectivity index (χ0) is 7.40. The van der Waals surface area contributed by atoms with E-state index in [-0.39, 0.29) is 21.1 Å². The van der Waals surface area contributed by atoms with E-state index in [9.17, 15) is 0 Å². The normalized spacial score (nSPS) is 28.2. The summed E-state index contributed by atoms with van der Waals surface area (Å²) in [5.41, 5.74) is 0. The van der Waals surface area contributed by atoms with Crippen LogP contribution in [0.25, 0.3) is 0 Å². The molecule has 0 saturated heterocycles. The largest absolute Gasteiger partial charge is 0.0875 e. The van der Waals surface area contributed by atoms with E-state index in [1.807, 2.05) is 6.08 Å². The average Bonchev–Trinajstić information content (AvgIpc) is 1.92. The molecule has 0 aromatic heterocycles. The molecular weight excluding hydrogens is 362 g/mol. The second kappa shape index (κ2) is 6.28. The Hall–Kier alpha value is 0.748. The molecule has 11 heavy (non-hydrogen) atoms. The Morgan fingerprint density at radius 1 is 1.18 bits per heavy atom. The Balaban J connectivity index is 0.000001000. The van der Waals surface area contributed by atoms with Crippen molar-refractivity contribution in [2.75, 3.05) is 0 Å². The van der Waals surface area contributed by atoms with Crippen molar-refractivity contribution in [3.05, 3.63) is 22.2 Å². The van der Waals surface area contributed by atoms with Crippen molar-refractivity contribution in [2.45, 2.75) is 25.7 Å². The molecule has 0 aliphatic heterocycles. The maximum Gasteiger partial charge on any atom is 0.0547 e. The number of hydrogen-bond donors (Lipinski definition) is 0. The van der Waals surface area contributed by atoms with Crippen molar-refractivity contribution in [3.63, 3.8) is 0 Å². The van der Waals surface area contributed by atoms with Gasteiger partial charge in [-0.2, -0.15) is 0 Å². The number of rotatable bonds is 0. The van der Waals surface area contributed by atoms with Gasteiger partial charge in [0.05, 0.1) is 5.03 Å². The summed E-state index contributed by atoms with van der Waals surface area (Å²) in [4.78, 5) is 0. The van der Waals surface area contributed by atoms with E-state index in [2.05, 4.69) is 6.08 Å². The third-order valence-corrected chi connectivity index (χ3v) is 2.38. The van der Waals surface area contributed by atoms with E-state index < -0.39 is 0 Å². The van der Waals surface area contributed by atoms with E-state index in [1.165, 1.54) is 6.42 Å². The van der Waals surface area contributed by atoms with Gasteiger partial charge in [-0.1, -0.05) is 29.3 Å². The SMILES string of the molecule is ClC1=C(\Cl)CCCC/C=C\1.[Pt]. The van der Waals surface area contributed by atoms with Crippen LogP contribution in [0.15, 0.2) is 22.2 Å². The molecule has 0 amide bonds. The van der Waals surface area contributed by atoms with Crippen LogP contribution in [-0.2, 0) is 21.1 Å². The number of allylic oxidation sites excluding steroid dienone is 4. The first-order valence-electron chi connectivity index (χ1n) is 3.51. The van der Waals surface area contributed by atoms with E-state index >= 15 is 0 Å². The molecule has 0 aromatic rings. The molecule has 0 spiro atoms. The Bertz CT molecular complexity index is 173. The Morgan fingerprint density at radius 2 is 1.91 bits per heavy atom. The van der Waals surface area contributed by atoms with Crippen molar-refractivity contribution in [1.82, 2.24) is 0 Å². The fourth-order valence-corrected chi connectivity index (χ4v) is 1.32. The van der Waals surface area contributed by atoms with Crippen molar-refractivity contribution in [2.24, 2.45) is 0 Å². The minimum absolute atomic E-state index is 0. The Kier molecular flexibility index (Phi) is 6.71. The summed E-state index contributed by atoms with van der Waals surface area (Å²) in [6.07, 6.45) is 8.40. The zero-order valence-corrected chi connectivity index (χ0v) is 9.84. The average molecular weight is 372 g/mol. The van der Waals surface area contributed by atoms with Crippen LogP contribution in [0.1, 0.15) is 25.7 Å². The molecule has 0 unspecified atom stereocenters. The van der Waals surface area contributed by atoms with Crippen LogP contribution in [0.5, 0.6) is 0 Å². The molecule has 0 saturated carbocycles. The summed E-state index contributed by atoms with van der Waals surface area (Å²) in [7, 11) is 0. The van der Waals surface area contributed by atoms with Crippen LogP contribution >= 0.6 is 23.2 Å². The minimum atomic E-state index is 0. The van der Waals surface area contributed by atoms with Gasteiger partial charge >= 0.3 is 0 Å². The molecule has 0 fully saturated rings. The summed E-state index contributed by atoms with van der Waals surface area (Å²) in [6.45, 7) is 0. The summed E-state index contributed by atoms with van der Waals surface area (Å²) in [6, 6.07) is 0. The monoisotopic (exact) mass is 371 g/mol. The van der Waals surface area contributed by atoms with Crippen LogP contribution in [0, 0.1) is 0 Å². The first-order valence-corrected chi connectivity index (χ1v) is 4.27. The van der Waals surface area contributed by atoms with E-state index in [0.29, 0.717) is 5.03 Å². The second-order valence-electron chi connectivity index (χ2n) is 2.40. The van der Waals surface area contributed by atoms with Gasteiger partial charge in [0.15, 0.2) is 0 Å². The summed E-state index contributed by atoms with van der Waals surface area (Å²) < 4.78 is 0. The standard InChI is InChI=1S/C8H10Cl2.Pt/c9-7-5-3-1-2-4-6-8(7)10;/h3,5H,1-2,4,6H2;/b5-3-,8-7-;. The minimum Gasteiger partial charge on any atom is -0.0875 e. The van der Waals surface area contributed by atoms with Crippen molar-refractivity contribution < 1.29 is 21.1 Å².